The van der Waals surface area contributed by atoms with E-state index in [9.17, 15) is 4.79 Å². The maximum absolute atomic E-state index is 11.8. The highest BCUT2D eigenvalue weighted by atomic mass is 16.1. The molecule has 3 rings (SSSR count). The molecule has 1 aromatic carbocycles. The van der Waals surface area contributed by atoms with Crippen LogP contribution in [-0.2, 0) is 10.2 Å². The standard InChI is InChI=1S/C18H26N2O/c1-18(14-21,15-6-4-3-5-7-15)13-20-11-10-16-8-9-17(12-20)19(16)2/h3-7,14,16-17H,8-13H2,1-2H3. The van der Waals surface area contributed by atoms with Gasteiger partial charge in [-0.1, -0.05) is 30.3 Å². The van der Waals surface area contributed by atoms with Gasteiger partial charge in [0.1, 0.15) is 6.29 Å². The summed E-state index contributed by atoms with van der Waals surface area (Å²) in [6.45, 7) is 5.12. The molecular formula is C18H26N2O. The normalized spacial score (nSPS) is 29.8. The number of hydrogen-bond acceptors (Lipinski definition) is 3. The van der Waals surface area contributed by atoms with Gasteiger partial charge in [0.2, 0.25) is 0 Å². The van der Waals surface area contributed by atoms with E-state index < -0.39 is 5.41 Å². The lowest BCUT2D eigenvalue weighted by Crippen LogP contribution is -2.44. The largest absolute Gasteiger partial charge is 0.302 e. The maximum atomic E-state index is 11.8. The van der Waals surface area contributed by atoms with E-state index in [1.165, 1.54) is 19.3 Å². The second-order valence-electron chi connectivity index (χ2n) is 6.98. The summed E-state index contributed by atoms with van der Waals surface area (Å²) < 4.78 is 0. The summed E-state index contributed by atoms with van der Waals surface area (Å²) in [6.07, 6.45) is 5.02. The number of carbonyl (C=O) groups excluding carboxylic acids is 1. The SMILES string of the molecule is CN1C2CCC1CN(CC(C)(C=O)c1ccccc1)CC2. The Kier molecular flexibility index (Phi) is 4.14. The molecule has 3 nitrogen and oxygen atoms in total. The van der Waals surface area contributed by atoms with E-state index in [1.807, 2.05) is 18.2 Å². The fourth-order valence-corrected chi connectivity index (χ4v) is 4.00. The van der Waals surface area contributed by atoms with E-state index in [2.05, 4.69) is 35.9 Å². The number of nitrogens with zero attached hydrogens (tertiary/aromatic N) is 2. The molecule has 114 valence electrons. The summed E-state index contributed by atoms with van der Waals surface area (Å²) in [4.78, 5) is 16.8. The molecule has 0 amide bonds. The van der Waals surface area contributed by atoms with Crippen LogP contribution >= 0.6 is 0 Å². The van der Waals surface area contributed by atoms with Gasteiger partial charge in [-0.2, -0.15) is 0 Å². The van der Waals surface area contributed by atoms with E-state index >= 15 is 0 Å². The number of rotatable bonds is 4. The average Bonchev–Trinajstić information content (AvgIpc) is 2.76. The van der Waals surface area contributed by atoms with Gasteiger partial charge in [0.15, 0.2) is 0 Å². The molecule has 3 atom stereocenters. The van der Waals surface area contributed by atoms with E-state index in [1.54, 1.807) is 0 Å². The van der Waals surface area contributed by atoms with Crippen molar-refractivity contribution in [3.05, 3.63) is 35.9 Å². The van der Waals surface area contributed by atoms with E-state index in [0.717, 1.165) is 37.5 Å². The first-order valence-corrected chi connectivity index (χ1v) is 8.08. The topological polar surface area (TPSA) is 23.6 Å². The zero-order chi connectivity index (χ0) is 14.9. The van der Waals surface area contributed by atoms with Crippen molar-refractivity contribution in [3.63, 3.8) is 0 Å². The molecule has 0 saturated carbocycles. The highest BCUT2D eigenvalue weighted by molar-refractivity contribution is 5.68. The number of likely N-dealkylation sites (N-methyl/N-ethyl adjacent to an activating group) is 1. The molecule has 2 saturated heterocycles. The lowest BCUT2D eigenvalue weighted by Gasteiger charge is -2.33. The Morgan fingerprint density at radius 2 is 1.90 bits per heavy atom. The molecule has 3 heteroatoms. The first-order chi connectivity index (χ1) is 10.1. The molecular weight excluding hydrogens is 260 g/mol. The Labute approximate surface area is 127 Å². The minimum absolute atomic E-state index is 0.399. The molecule has 2 aliphatic rings. The van der Waals surface area contributed by atoms with Crippen molar-refractivity contribution >= 4 is 6.29 Å². The van der Waals surface area contributed by atoms with Crippen molar-refractivity contribution < 1.29 is 4.79 Å². The number of aldehydes is 1. The van der Waals surface area contributed by atoms with Gasteiger partial charge < -0.3 is 9.69 Å². The summed E-state index contributed by atoms with van der Waals surface area (Å²) >= 11 is 0. The van der Waals surface area contributed by atoms with Crippen LogP contribution in [0.4, 0.5) is 0 Å². The smallest absolute Gasteiger partial charge is 0.131 e. The zero-order valence-corrected chi connectivity index (χ0v) is 13.2. The van der Waals surface area contributed by atoms with Gasteiger partial charge in [0.25, 0.3) is 0 Å². The first-order valence-electron chi connectivity index (χ1n) is 8.08. The molecule has 0 N–H and O–H groups in total. The first kappa shape index (κ1) is 14.7. The predicted molar refractivity (Wildman–Crippen MR) is 85.5 cm³/mol. The molecule has 2 aliphatic heterocycles. The van der Waals surface area contributed by atoms with Gasteiger partial charge in [-0.15, -0.1) is 0 Å². The number of fused-ring (bicyclic) bond motifs is 2. The molecule has 2 fully saturated rings. The fraction of sp³-hybridized carbons (Fsp3) is 0.611. The Morgan fingerprint density at radius 1 is 1.19 bits per heavy atom. The van der Waals surface area contributed by atoms with Crippen LogP contribution < -0.4 is 0 Å². The predicted octanol–water partition coefficient (Wildman–Crippen LogP) is 2.31. The Morgan fingerprint density at radius 3 is 2.62 bits per heavy atom. The molecule has 21 heavy (non-hydrogen) atoms. The van der Waals surface area contributed by atoms with Crippen molar-refractivity contribution in [1.29, 1.82) is 0 Å². The van der Waals surface area contributed by atoms with Gasteiger partial charge in [0.05, 0.1) is 5.41 Å². The minimum atomic E-state index is -0.399. The summed E-state index contributed by atoms with van der Waals surface area (Å²) in [6, 6.07) is 11.6. The van der Waals surface area contributed by atoms with Gasteiger partial charge in [-0.3, -0.25) is 4.90 Å². The van der Waals surface area contributed by atoms with E-state index in [0.29, 0.717) is 6.04 Å². The highest BCUT2D eigenvalue weighted by Crippen LogP contribution is 2.30. The van der Waals surface area contributed by atoms with Crippen LogP contribution in [0.15, 0.2) is 30.3 Å². The summed E-state index contributed by atoms with van der Waals surface area (Å²) in [5.74, 6) is 0. The second kappa shape index (κ2) is 5.90. The molecule has 2 bridgehead atoms. The monoisotopic (exact) mass is 286 g/mol. The van der Waals surface area contributed by atoms with Crippen LogP contribution in [0.2, 0.25) is 0 Å². The fourth-order valence-electron chi connectivity index (χ4n) is 4.00. The van der Waals surface area contributed by atoms with Crippen LogP contribution in [0.5, 0.6) is 0 Å². The van der Waals surface area contributed by atoms with Crippen LogP contribution in [-0.4, -0.2) is 54.9 Å². The van der Waals surface area contributed by atoms with Crippen LogP contribution in [0.1, 0.15) is 31.7 Å². The minimum Gasteiger partial charge on any atom is -0.302 e. The molecule has 0 spiro atoms. The molecule has 1 aromatic rings. The average molecular weight is 286 g/mol. The van der Waals surface area contributed by atoms with Gasteiger partial charge in [0, 0.05) is 25.2 Å². The van der Waals surface area contributed by atoms with E-state index in [-0.39, 0.29) is 0 Å². The summed E-state index contributed by atoms with van der Waals surface area (Å²) in [7, 11) is 2.27. The van der Waals surface area contributed by atoms with E-state index in [4.69, 9.17) is 0 Å². The van der Waals surface area contributed by atoms with Crippen molar-refractivity contribution in [2.75, 3.05) is 26.7 Å². The molecule has 0 aliphatic carbocycles. The van der Waals surface area contributed by atoms with Crippen LogP contribution in [0, 0.1) is 0 Å². The third-order valence-corrected chi connectivity index (χ3v) is 5.48. The van der Waals surface area contributed by atoms with Crippen molar-refractivity contribution in [2.24, 2.45) is 0 Å². The lowest BCUT2D eigenvalue weighted by atomic mass is 9.83. The number of hydrogen-bond donors (Lipinski definition) is 0. The van der Waals surface area contributed by atoms with Crippen molar-refractivity contribution in [1.82, 2.24) is 9.80 Å². The number of carbonyl (C=O) groups is 1. The van der Waals surface area contributed by atoms with Gasteiger partial charge in [-0.25, -0.2) is 0 Å². The number of benzene rings is 1. The second-order valence-corrected chi connectivity index (χ2v) is 6.98. The summed E-state index contributed by atoms with van der Waals surface area (Å²) in [5.41, 5.74) is 0.728. The Balaban J connectivity index is 1.74. The Hall–Kier alpha value is -1.19. The summed E-state index contributed by atoms with van der Waals surface area (Å²) in [5, 5.41) is 0. The van der Waals surface area contributed by atoms with Crippen LogP contribution in [0.3, 0.4) is 0 Å². The molecule has 2 heterocycles. The molecule has 0 aromatic heterocycles. The lowest BCUT2D eigenvalue weighted by molar-refractivity contribution is -0.112. The highest BCUT2D eigenvalue weighted by Gasteiger charge is 2.37. The van der Waals surface area contributed by atoms with Crippen molar-refractivity contribution in [3.8, 4) is 0 Å². The third kappa shape index (κ3) is 2.90. The number of likely N-dealkylation sites (tertiary alicyclic amines) is 1. The third-order valence-electron chi connectivity index (χ3n) is 5.48. The quantitative estimate of drug-likeness (QED) is 0.794. The van der Waals surface area contributed by atoms with Gasteiger partial charge >= 0.3 is 0 Å². The Bertz CT molecular complexity index is 489. The van der Waals surface area contributed by atoms with Gasteiger partial charge in [-0.05, 0) is 45.3 Å². The maximum Gasteiger partial charge on any atom is 0.131 e. The molecule has 3 unspecified atom stereocenters. The zero-order valence-electron chi connectivity index (χ0n) is 13.2. The molecule has 0 radical (unpaired) electrons. The van der Waals surface area contributed by atoms with Crippen LogP contribution in [0.25, 0.3) is 0 Å². The van der Waals surface area contributed by atoms with Crippen molar-refractivity contribution in [2.45, 2.75) is 43.7 Å².